The summed E-state index contributed by atoms with van der Waals surface area (Å²) in [6.45, 7) is 2.44. The van der Waals surface area contributed by atoms with E-state index >= 15 is 0 Å². The second-order valence-electron chi connectivity index (χ2n) is 7.41. The third-order valence-corrected chi connectivity index (χ3v) is 9.40. The molecule has 11 heteroatoms. The van der Waals surface area contributed by atoms with Crippen molar-refractivity contribution in [2.75, 3.05) is 25.0 Å². The van der Waals surface area contributed by atoms with E-state index in [0.29, 0.717) is 30.0 Å². The highest BCUT2D eigenvalue weighted by Crippen LogP contribution is 2.33. The van der Waals surface area contributed by atoms with Crippen molar-refractivity contribution in [3.63, 3.8) is 0 Å². The molecule has 2 aromatic heterocycles. The molecule has 1 saturated heterocycles. The first-order valence-corrected chi connectivity index (χ1v) is 13.6. The highest BCUT2D eigenvalue weighted by Gasteiger charge is 2.34. The van der Waals surface area contributed by atoms with E-state index in [1.165, 1.54) is 4.31 Å². The number of rotatable bonds is 7. The summed E-state index contributed by atoms with van der Waals surface area (Å²) < 4.78 is 32.5. The summed E-state index contributed by atoms with van der Waals surface area (Å²) in [5, 5.41) is 4.78. The Kier molecular flexibility index (Phi) is 7.23. The maximum absolute atomic E-state index is 13.0. The van der Waals surface area contributed by atoms with E-state index in [0.717, 1.165) is 28.2 Å². The maximum Gasteiger partial charge on any atom is 0.350 e. The smallest absolute Gasteiger partial charge is 0.350 e. The van der Waals surface area contributed by atoms with Crippen LogP contribution in [0.2, 0.25) is 0 Å². The molecule has 3 heterocycles. The van der Waals surface area contributed by atoms with Crippen LogP contribution in [-0.4, -0.2) is 49.3 Å². The van der Waals surface area contributed by atoms with Crippen molar-refractivity contribution in [2.45, 2.75) is 24.0 Å². The van der Waals surface area contributed by atoms with Gasteiger partial charge in [0, 0.05) is 18.7 Å². The fourth-order valence-electron chi connectivity index (χ4n) is 3.62. The Bertz CT molecular complexity index is 1220. The molecule has 8 nitrogen and oxygen atoms in total. The maximum atomic E-state index is 13.0. The number of aromatic nitrogens is 1. The minimum Gasteiger partial charge on any atom is -0.462 e. The standard InChI is InChI=1S/C22H23N3O5S3/c1-2-30-21(27)19-18(15-8-4-3-5-9-15)23-22(32-19)24-20(26)16-10-6-12-25(14-16)33(28,29)17-11-7-13-31-17/h3-5,7-9,11,13,16H,2,6,10,12,14H2,1H3,(H,23,24,26). The van der Waals surface area contributed by atoms with Crippen LogP contribution in [-0.2, 0) is 19.6 Å². The second-order valence-corrected chi connectivity index (χ2v) is 11.5. The number of anilines is 1. The van der Waals surface area contributed by atoms with Gasteiger partial charge in [-0.3, -0.25) is 4.79 Å². The first-order valence-electron chi connectivity index (χ1n) is 10.5. The van der Waals surface area contributed by atoms with E-state index in [4.69, 9.17) is 4.74 Å². The number of benzene rings is 1. The van der Waals surface area contributed by atoms with Gasteiger partial charge in [-0.25, -0.2) is 18.2 Å². The number of thiophene rings is 1. The van der Waals surface area contributed by atoms with Gasteiger partial charge in [-0.15, -0.1) is 11.3 Å². The molecule has 0 aliphatic carbocycles. The van der Waals surface area contributed by atoms with Crippen molar-refractivity contribution in [1.29, 1.82) is 0 Å². The van der Waals surface area contributed by atoms with Gasteiger partial charge >= 0.3 is 5.97 Å². The molecule has 3 aromatic rings. The summed E-state index contributed by atoms with van der Waals surface area (Å²) in [7, 11) is -3.62. The Balaban J connectivity index is 1.53. The lowest BCUT2D eigenvalue weighted by Gasteiger charge is -2.30. The fraction of sp³-hybridized carbons (Fsp3) is 0.318. The van der Waals surface area contributed by atoms with E-state index in [1.807, 2.05) is 30.3 Å². The number of amides is 1. The SMILES string of the molecule is CCOC(=O)c1sc(NC(=O)C2CCCN(S(=O)(=O)c3cccs3)C2)nc1-c1ccccc1. The second kappa shape index (κ2) is 10.1. The molecule has 0 saturated carbocycles. The van der Waals surface area contributed by atoms with Crippen molar-refractivity contribution < 1.29 is 22.7 Å². The number of ether oxygens (including phenoxy) is 1. The highest BCUT2D eigenvalue weighted by molar-refractivity contribution is 7.91. The molecule has 174 valence electrons. The van der Waals surface area contributed by atoms with Crippen LogP contribution in [0.15, 0.2) is 52.1 Å². The molecule has 0 spiro atoms. The predicted octanol–water partition coefficient (Wildman–Crippen LogP) is 4.09. The molecule has 1 aromatic carbocycles. The average molecular weight is 506 g/mol. The number of carbonyl (C=O) groups excluding carboxylic acids is 2. The van der Waals surface area contributed by atoms with Crippen LogP contribution in [0.25, 0.3) is 11.3 Å². The Hall–Kier alpha value is -2.60. The topological polar surface area (TPSA) is 106 Å². The van der Waals surface area contributed by atoms with Gasteiger partial charge in [0.15, 0.2) is 5.13 Å². The van der Waals surface area contributed by atoms with Crippen molar-refractivity contribution in [3.05, 3.63) is 52.7 Å². The van der Waals surface area contributed by atoms with Gasteiger partial charge in [-0.2, -0.15) is 4.31 Å². The van der Waals surface area contributed by atoms with Gasteiger partial charge in [0.2, 0.25) is 5.91 Å². The molecular weight excluding hydrogens is 482 g/mol. The molecule has 1 aliphatic heterocycles. The Morgan fingerprint density at radius 1 is 1.21 bits per heavy atom. The van der Waals surface area contributed by atoms with E-state index in [-0.39, 0.29) is 28.4 Å². The molecule has 1 amide bonds. The van der Waals surface area contributed by atoms with Crippen LogP contribution in [0.5, 0.6) is 0 Å². The summed E-state index contributed by atoms with van der Waals surface area (Å²) in [5.74, 6) is -1.33. The van der Waals surface area contributed by atoms with Crippen LogP contribution < -0.4 is 5.32 Å². The van der Waals surface area contributed by atoms with Crippen molar-refractivity contribution in [3.8, 4) is 11.3 Å². The summed E-state index contributed by atoms with van der Waals surface area (Å²) in [6, 6.07) is 12.5. The zero-order valence-electron chi connectivity index (χ0n) is 17.9. The van der Waals surface area contributed by atoms with Gasteiger partial charge in [0.1, 0.15) is 9.09 Å². The lowest BCUT2D eigenvalue weighted by Crippen LogP contribution is -2.43. The van der Waals surface area contributed by atoms with Crippen LogP contribution in [0.1, 0.15) is 29.4 Å². The number of hydrogen-bond acceptors (Lipinski definition) is 8. The fourth-order valence-corrected chi connectivity index (χ4v) is 7.17. The zero-order chi connectivity index (χ0) is 23.4. The molecule has 1 fully saturated rings. The first-order chi connectivity index (χ1) is 15.9. The quantitative estimate of drug-likeness (QED) is 0.485. The third kappa shape index (κ3) is 5.16. The van der Waals surface area contributed by atoms with Gasteiger partial charge in [-0.1, -0.05) is 47.7 Å². The van der Waals surface area contributed by atoms with Crippen LogP contribution in [0.4, 0.5) is 5.13 Å². The number of sulfonamides is 1. The summed E-state index contributed by atoms with van der Waals surface area (Å²) in [5.41, 5.74) is 1.18. The molecule has 0 bridgehead atoms. The molecular formula is C22H23N3O5S3. The van der Waals surface area contributed by atoms with Crippen LogP contribution in [0, 0.1) is 5.92 Å². The highest BCUT2D eigenvalue weighted by atomic mass is 32.2. The van der Waals surface area contributed by atoms with E-state index in [2.05, 4.69) is 10.3 Å². The predicted molar refractivity (Wildman–Crippen MR) is 128 cm³/mol. The van der Waals surface area contributed by atoms with Gasteiger partial charge < -0.3 is 10.1 Å². The van der Waals surface area contributed by atoms with Crippen LogP contribution >= 0.6 is 22.7 Å². The lowest BCUT2D eigenvalue weighted by molar-refractivity contribution is -0.120. The number of piperidine rings is 1. The Morgan fingerprint density at radius 3 is 2.70 bits per heavy atom. The number of carbonyl (C=O) groups is 2. The summed E-state index contributed by atoms with van der Waals surface area (Å²) in [6.07, 6.45) is 1.16. The molecule has 33 heavy (non-hydrogen) atoms. The van der Waals surface area contributed by atoms with E-state index in [9.17, 15) is 18.0 Å². The third-order valence-electron chi connectivity index (χ3n) is 5.21. The number of thiazole rings is 1. The monoisotopic (exact) mass is 505 g/mol. The Labute approximate surface area is 200 Å². The van der Waals surface area contributed by atoms with Gasteiger partial charge in [0.25, 0.3) is 10.0 Å². The normalized spacial score (nSPS) is 16.9. The van der Waals surface area contributed by atoms with Crippen LogP contribution in [0.3, 0.4) is 0 Å². The molecule has 4 rings (SSSR count). The van der Waals surface area contributed by atoms with E-state index < -0.39 is 21.9 Å². The van der Waals surface area contributed by atoms with Crippen molar-refractivity contribution in [1.82, 2.24) is 9.29 Å². The molecule has 1 unspecified atom stereocenters. The average Bonchev–Trinajstić information content (AvgIpc) is 3.51. The summed E-state index contributed by atoms with van der Waals surface area (Å²) >= 11 is 2.21. The molecule has 0 radical (unpaired) electrons. The Morgan fingerprint density at radius 2 is 2.00 bits per heavy atom. The number of nitrogens with one attached hydrogen (secondary N) is 1. The van der Waals surface area contributed by atoms with Gasteiger partial charge in [-0.05, 0) is 31.2 Å². The minimum atomic E-state index is -3.62. The van der Waals surface area contributed by atoms with Gasteiger partial charge in [0.05, 0.1) is 18.2 Å². The van der Waals surface area contributed by atoms with Crippen molar-refractivity contribution >= 4 is 49.7 Å². The number of nitrogens with zero attached hydrogens (tertiary/aromatic N) is 2. The lowest BCUT2D eigenvalue weighted by atomic mass is 9.99. The minimum absolute atomic E-state index is 0.105. The van der Waals surface area contributed by atoms with E-state index in [1.54, 1.807) is 24.4 Å². The number of hydrogen-bond donors (Lipinski definition) is 1. The number of esters is 1. The molecule has 1 aliphatic rings. The molecule has 1 N–H and O–H groups in total. The zero-order valence-corrected chi connectivity index (χ0v) is 20.3. The first kappa shape index (κ1) is 23.6. The summed E-state index contributed by atoms with van der Waals surface area (Å²) in [4.78, 5) is 30.3. The molecule has 1 atom stereocenters. The largest absolute Gasteiger partial charge is 0.462 e. The van der Waals surface area contributed by atoms with Crippen molar-refractivity contribution in [2.24, 2.45) is 5.92 Å².